The second-order valence-corrected chi connectivity index (χ2v) is 10.7. The van der Waals surface area contributed by atoms with Crippen LogP contribution in [0.25, 0.3) is 11.1 Å². The highest BCUT2D eigenvalue weighted by Gasteiger charge is 2.47. The van der Waals surface area contributed by atoms with E-state index in [1.54, 1.807) is 27.7 Å². The summed E-state index contributed by atoms with van der Waals surface area (Å²) >= 11 is 0. The molecule has 1 saturated carbocycles. The number of hydrogen-bond donors (Lipinski definition) is 2. The number of carbonyl (C=O) groups excluding carboxylic acids is 2. The second-order valence-electron chi connectivity index (χ2n) is 10.7. The molecule has 0 saturated heterocycles. The molecular formula is C28H34N2O5. The van der Waals surface area contributed by atoms with E-state index in [2.05, 4.69) is 29.6 Å². The van der Waals surface area contributed by atoms with E-state index in [0.29, 0.717) is 12.5 Å². The molecule has 0 atom stereocenters. The predicted octanol–water partition coefficient (Wildman–Crippen LogP) is 4.65. The van der Waals surface area contributed by atoms with Crippen molar-refractivity contribution in [3.8, 4) is 11.1 Å². The number of nitrogens with zero attached hydrogens (tertiary/aromatic N) is 1. The molecule has 2 aliphatic rings. The number of carboxylic acids is 1. The summed E-state index contributed by atoms with van der Waals surface area (Å²) in [4.78, 5) is 39.1. The zero-order chi connectivity index (χ0) is 25.4. The van der Waals surface area contributed by atoms with E-state index >= 15 is 0 Å². The van der Waals surface area contributed by atoms with Gasteiger partial charge in [-0.25, -0.2) is 4.79 Å². The third-order valence-corrected chi connectivity index (χ3v) is 7.64. The Hall–Kier alpha value is -3.35. The van der Waals surface area contributed by atoms with Crippen molar-refractivity contribution in [3.05, 3.63) is 59.7 Å². The van der Waals surface area contributed by atoms with Crippen molar-refractivity contribution in [2.75, 3.05) is 19.7 Å². The van der Waals surface area contributed by atoms with Crippen LogP contribution < -0.4 is 5.32 Å². The Labute approximate surface area is 206 Å². The van der Waals surface area contributed by atoms with Gasteiger partial charge < -0.3 is 20.1 Å². The lowest BCUT2D eigenvalue weighted by atomic mass is 9.73. The van der Waals surface area contributed by atoms with Gasteiger partial charge in [0.1, 0.15) is 13.2 Å². The van der Waals surface area contributed by atoms with E-state index in [-0.39, 0.29) is 25.0 Å². The molecule has 0 bridgehead atoms. The number of fused-ring (bicyclic) bond motifs is 3. The number of amides is 2. The molecule has 2 amide bonds. The molecule has 0 aromatic heterocycles. The van der Waals surface area contributed by atoms with Crippen LogP contribution in [0, 0.1) is 11.3 Å². The van der Waals surface area contributed by atoms with Crippen molar-refractivity contribution in [1.29, 1.82) is 0 Å². The SMILES string of the molecule is CC(C)(NC(=O)OCC1c2ccccc2-c2ccccc21)C(C)(C)C(=O)N(CC(=O)O)CC1CC1. The topological polar surface area (TPSA) is 95.9 Å². The van der Waals surface area contributed by atoms with E-state index < -0.39 is 23.0 Å². The lowest BCUT2D eigenvalue weighted by Crippen LogP contribution is -2.60. The molecule has 0 aliphatic heterocycles. The van der Waals surface area contributed by atoms with E-state index in [9.17, 15) is 19.5 Å². The molecule has 7 nitrogen and oxygen atoms in total. The molecule has 186 valence electrons. The van der Waals surface area contributed by atoms with Gasteiger partial charge in [-0.15, -0.1) is 0 Å². The van der Waals surface area contributed by atoms with Crippen molar-refractivity contribution >= 4 is 18.0 Å². The predicted molar refractivity (Wildman–Crippen MR) is 133 cm³/mol. The monoisotopic (exact) mass is 478 g/mol. The van der Waals surface area contributed by atoms with Gasteiger partial charge in [0.05, 0.1) is 11.0 Å². The molecule has 0 heterocycles. The fraction of sp³-hybridized carbons (Fsp3) is 0.464. The lowest BCUT2D eigenvalue weighted by molar-refractivity contribution is -0.151. The van der Waals surface area contributed by atoms with E-state index in [0.717, 1.165) is 35.1 Å². The fourth-order valence-electron chi connectivity index (χ4n) is 4.70. The molecule has 2 aliphatic carbocycles. The maximum Gasteiger partial charge on any atom is 0.407 e. The number of nitrogens with one attached hydrogen (secondary N) is 1. The first-order valence-corrected chi connectivity index (χ1v) is 12.2. The van der Waals surface area contributed by atoms with E-state index in [4.69, 9.17) is 4.74 Å². The van der Waals surface area contributed by atoms with E-state index in [1.165, 1.54) is 4.90 Å². The highest BCUT2D eigenvalue weighted by molar-refractivity contribution is 5.87. The standard InChI is InChI=1S/C28H34N2O5/c1-27(2,25(33)30(16-24(31)32)15-18-13-14-18)28(3,4)29-26(34)35-17-23-21-11-7-5-9-19(21)20-10-6-8-12-22(20)23/h5-12,18,23H,13-17H2,1-4H3,(H,29,34)(H,31,32). The number of benzene rings is 2. The largest absolute Gasteiger partial charge is 0.480 e. The number of carbonyl (C=O) groups is 3. The summed E-state index contributed by atoms with van der Waals surface area (Å²) in [7, 11) is 0. The maximum atomic E-state index is 13.4. The molecule has 4 rings (SSSR count). The summed E-state index contributed by atoms with van der Waals surface area (Å²) in [5, 5.41) is 12.2. The molecule has 2 aromatic rings. The Morgan fingerprint density at radius 3 is 2.03 bits per heavy atom. The normalized spacial score (nSPS) is 15.2. The van der Waals surface area contributed by atoms with Gasteiger partial charge in [0.15, 0.2) is 0 Å². The molecule has 2 aromatic carbocycles. The zero-order valence-electron chi connectivity index (χ0n) is 20.8. The van der Waals surface area contributed by atoms with Crippen molar-refractivity contribution in [1.82, 2.24) is 10.2 Å². The number of rotatable bonds is 9. The summed E-state index contributed by atoms with van der Waals surface area (Å²) in [5.41, 5.74) is 2.52. The average molecular weight is 479 g/mol. The van der Waals surface area contributed by atoms with Crippen LogP contribution in [0.15, 0.2) is 48.5 Å². The van der Waals surface area contributed by atoms with Gasteiger partial charge in [0.2, 0.25) is 5.91 Å². The van der Waals surface area contributed by atoms with Crippen LogP contribution in [0.2, 0.25) is 0 Å². The van der Waals surface area contributed by atoms with Crippen LogP contribution >= 0.6 is 0 Å². The third kappa shape index (κ3) is 5.04. The number of alkyl carbamates (subject to hydrolysis) is 1. The van der Waals surface area contributed by atoms with Gasteiger partial charge in [-0.2, -0.15) is 0 Å². The van der Waals surface area contributed by atoms with Crippen LogP contribution in [0.5, 0.6) is 0 Å². The number of carboxylic acid groups (broad SMARTS) is 1. The Kier molecular flexibility index (Phi) is 6.62. The van der Waals surface area contributed by atoms with Gasteiger partial charge in [0.25, 0.3) is 0 Å². The Morgan fingerprint density at radius 2 is 1.51 bits per heavy atom. The van der Waals surface area contributed by atoms with Gasteiger partial charge >= 0.3 is 12.1 Å². The van der Waals surface area contributed by atoms with Crippen molar-refractivity contribution < 1.29 is 24.2 Å². The molecule has 0 spiro atoms. The molecule has 7 heteroatoms. The van der Waals surface area contributed by atoms with Crippen LogP contribution in [0.1, 0.15) is 57.6 Å². The number of aliphatic carboxylic acids is 1. The Morgan fingerprint density at radius 1 is 0.971 bits per heavy atom. The number of hydrogen-bond acceptors (Lipinski definition) is 4. The molecule has 0 unspecified atom stereocenters. The maximum absolute atomic E-state index is 13.4. The highest BCUT2D eigenvalue weighted by atomic mass is 16.5. The minimum atomic E-state index is -1.05. The lowest BCUT2D eigenvalue weighted by Gasteiger charge is -2.43. The van der Waals surface area contributed by atoms with Crippen molar-refractivity contribution in [2.24, 2.45) is 11.3 Å². The van der Waals surface area contributed by atoms with Crippen LogP contribution in [0.3, 0.4) is 0 Å². The first kappa shape index (κ1) is 24.8. The van der Waals surface area contributed by atoms with Gasteiger partial charge in [0, 0.05) is 12.5 Å². The zero-order valence-corrected chi connectivity index (χ0v) is 20.8. The van der Waals surface area contributed by atoms with Gasteiger partial charge in [-0.3, -0.25) is 9.59 Å². The van der Waals surface area contributed by atoms with Crippen LogP contribution in [-0.2, 0) is 14.3 Å². The summed E-state index contributed by atoms with van der Waals surface area (Å²) in [5.74, 6) is -1.05. The van der Waals surface area contributed by atoms with Crippen LogP contribution in [-0.4, -0.2) is 53.2 Å². The molecular weight excluding hydrogens is 444 g/mol. The second kappa shape index (κ2) is 9.36. The molecule has 1 fully saturated rings. The fourth-order valence-corrected chi connectivity index (χ4v) is 4.70. The average Bonchev–Trinajstić information content (AvgIpc) is 3.56. The van der Waals surface area contributed by atoms with Gasteiger partial charge in [-0.05, 0) is 68.7 Å². The van der Waals surface area contributed by atoms with Gasteiger partial charge in [-0.1, -0.05) is 48.5 Å². The number of ether oxygens (including phenoxy) is 1. The molecule has 0 radical (unpaired) electrons. The third-order valence-electron chi connectivity index (χ3n) is 7.64. The summed E-state index contributed by atoms with van der Waals surface area (Å²) in [6, 6.07) is 16.3. The Bertz CT molecular complexity index is 1090. The minimum Gasteiger partial charge on any atom is -0.480 e. The first-order chi connectivity index (χ1) is 16.5. The quantitative estimate of drug-likeness (QED) is 0.547. The smallest absolute Gasteiger partial charge is 0.407 e. The minimum absolute atomic E-state index is 0.0597. The first-order valence-electron chi connectivity index (χ1n) is 12.2. The van der Waals surface area contributed by atoms with Crippen LogP contribution in [0.4, 0.5) is 4.79 Å². The molecule has 35 heavy (non-hydrogen) atoms. The summed E-state index contributed by atoms with van der Waals surface area (Å²) < 4.78 is 5.68. The Balaban J connectivity index is 1.43. The van der Waals surface area contributed by atoms with E-state index in [1.807, 2.05) is 24.3 Å². The van der Waals surface area contributed by atoms with Crippen molar-refractivity contribution in [2.45, 2.75) is 52.0 Å². The van der Waals surface area contributed by atoms with Crippen molar-refractivity contribution in [3.63, 3.8) is 0 Å². The summed E-state index contributed by atoms with van der Waals surface area (Å²) in [6.45, 7) is 7.26. The molecule has 2 N–H and O–H groups in total. The highest BCUT2D eigenvalue weighted by Crippen LogP contribution is 2.44. The summed E-state index contributed by atoms with van der Waals surface area (Å²) in [6.07, 6.45) is 1.40.